The van der Waals surface area contributed by atoms with Gasteiger partial charge in [0.05, 0.1) is 22.4 Å². The SMILES string of the molecule is Cc1ccc(S(=O)(=O)N(CC(=O)N/N=C\c2ccc(OCC(=O)NC(C)C)cc2)c2cccc(C(F)(F)F)c2)cc1. The van der Waals surface area contributed by atoms with E-state index in [9.17, 15) is 31.2 Å². The molecule has 0 bridgehead atoms. The van der Waals surface area contributed by atoms with Crippen molar-refractivity contribution in [3.8, 4) is 5.75 Å². The van der Waals surface area contributed by atoms with E-state index >= 15 is 0 Å². The maximum absolute atomic E-state index is 13.4. The molecule has 0 aromatic heterocycles. The Morgan fingerprint density at radius 1 is 1.00 bits per heavy atom. The molecule has 3 aromatic carbocycles. The van der Waals surface area contributed by atoms with Crippen LogP contribution in [0.4, 0.5) is 18.9 Å². The van der Waals surface area contributed by atoms with Crippen LogP contribution in [0.15, 0.2) is 82.8 Å². The standard InChI is InChI=1S/C28H29F3N4O5S/c1-19(2)33-27(37)18-40-24-11-9-21(10-12-24)16-32-34-26(36)17-35(23-6-4-5-22(15-23)28(29,30)31)41(38,39)25-13-7-20(3)8-14-25/h4-16,19H,17-18H2,1-3H3,(H,33,37)(H,34,36)/b32-16-. The third-order valence-electron chi connectivity index (χ3n) is 5.46. The summed E-state index contributed by atoms with van der Waals surface area (Å²) in [6.45, 7) is 4.42. The first kappa shape index (κ1) is 31.1. The molecule has 9 nitrogen and oxygen atoms in total. The van der Waals surface area contributed by atoms with Crippen LogP contribution in [0.5, 0.6) is 5.75 Å². The largest absolute Gasteiger partial charge is 0.484 e. The summed E-state index contributed by atoms with van der Waals surface area (Å²) in [6.07, 6.45) is -3.43. The number of alkyl halides is 3. The molecule has 41 heavy (non-hydrogen) atoms. The Bertz CT molecular complexity index is 1490. The first-order valence-corrected chi connectivity index (χ1v) is 13.8. The number of hydrogen-bond donors (Lipinski definition) is 2. The average Bonchev–Trinajstić information content (AvgIpc) is 2.90. The number of carbonyl (C=O) groups is 2. The topological polar surface area (TPSA) is 117 Å². The fraction of sp³-hybridized carbons (Fsp3) is 0.250. The highest BCUT2D eigenvalue weighted by Gasteiger charge is 2.33. The second kappa shape index (κ2) is 13.3. The molecule has 0 saturated heterocycles. The van der Waals surface area contributed by atoms with Crippen LogP contribution in [0, 0.1) is 6.92 Å². The number of hydrazone groups is 1. The number of halogens is 3. The predicted molar refractivity (Wildman–Crippen MR) is 148 cm³/mol. The van der Waals surface area contributed by atoms with Crippen LogP contribution in [-0.2, 0) is 25.8 Å². The zero-order chi connectivity index (χ0) is 30.2. The van der Waals surface area contributed by atoms with Gasteiger partial charge >= 0.3 is 6.18 Å². The molecule has 3 rings (SSSR count). The fourth-order valence-electron chi connectivity index (χ4n) is 3.50. The second-order valence-corrected chi connectivity index (χ2v) is 11.1. The Morgan fingerprint density at radius 2 is 1.66 bits per heavy atom. The van der Waals surface area contributed by atoms with Crippen molar-refractivity contribution >= 4 is 33.7 Å². The van der Waals surface area contributed by atoms with Crippen molar-refractivity contribution < 1.29 is 35.9 Å². The molecule has 0 saturated carbocycles. The highest BCUT2D eigenvalue weighted by Crippen LogP contribution is 2.33. The van der Waals surface area contributed by atoms with Crippen LogP contribution in [0.2, 0.25) is 0 Å². The van der Waals surface area contributed by atoms with Gasteiger partial charge < -0.3 is 10.1 Å². The first-order valence-electron chi connectivity index (χ1n) is 12.4. The smallest absolute Gasteiger partial charge is 0.416 e. The third-order valence-corrected chi connectivity index (χ3v) is 7.25. The minimum Gasteiger partial charge on any atom is -0.484 e. The van der Waals surface area contributed by atoms with E-state index in [1.54, 1.807) is 31.2 Å². The zero-order valence-electron chi connectivity index (χ0n) is 22.5. The molecule has 0 aliphatic heterocycles. The van der Waals surface area contributed by atoms with Gasteiger partial charge in [0.15, 0.2) is 6.61 Å². The van der Waals surface area contributed by atoms with E-state index in [0.29, 0.717) is 21.7 Å². The average molecular weight is 591 g/mol. The summed E-state index contributed by atoms with van der Waals surface area (Å²) in [5, 5.41) is 6.52. The Morgan fingerprint density at radius 3 is 2.27 bits per heavy atom. The van der Waals surface area contributed by atoms with Crippen LogP contribution < -0.4 is 19.8 Å². The molecule has 0 heterocycles. The number of benzene rings is 3. The summed E-state index contributed by atoms with van der Waals surface area (Å²) in [4.78, 5) is 24.2. The van der Waals surface area contributed by atoms with Gasteiger partial charge in [-0.2, -0.15) is 18.3 Å². The van der Waals surface area contributed by atoms with Crippen molar-refractivity contribution in [2.24, 2.45) is 5.10 Å². The van der Waals surface area contributed by atoms with Crippen molar-refractivity contribution in [2.45, 2.75) is 37.9 Å². The lowest BCUT2D eigenvalue weighted by molar-refractivity contribution is -0.137. The minimum absolute atomic E-state index is 0.0141. The second-order valence-electron chi connectivity index (χ2n) is 9.25. The van der Waals surface area contributed by atoms with Gasteiger partial charge in [-0.3, -0.25) is 13.9 Å². The van der Waals surface area contributed by atoms with Gasteiger partial charge in [0.1, 0.15) is 12.3 Å². The van der Waals surface area contributed by atoms with Gasteiger partial charge in [-0.05, 0) is 80.9 Å². The van der Waals surface area contributed by atoms with Gasteiger partial charge in [0.25, 0.3) is 21.8 Å². The number of ether oxygens (including phenoxy) is 1. The summed E-state index contributed by atoms with van der Waals surface area (Å²) in [6, 6.07) is 15.8. The number of amides is 2. The number of hydrogen-bond acceptors (Lipinski definition) is 6. The number of carbonyl (C=O) groups excluding carboxylic acids is 2. The van der Waals surface area contributed by atoms with Crippen LogP contribution in [0.1, 0.15) is 30.5 Å². The molecule has 0 aliphatic rings. The normalized spacial score (nSPS) is 11.9. The highest BCUT2D eigenvalue weighted by molar-refractivity contribution is 7.92. The fourth-order valence-corrected chi connectivity index (χ4v) is 4.91. The molecule has 13 heteroatoms. The molecule has 0 unspecified atom stereocenters. The molecular weight excluding hydrogens is 561 g/mol. The molecule has 218 valence electrons. The molecule has 0 atom stereocenters. The van der Waals surface area contributed by atoms with Crippen molar-refractivity contribution in [3.63, 3.8) is 0 Å². The van der Waals surface area contributed by atoms with E-state index in [0.717, 1.165) is 17.7 Å². The van der Waals surface area contributed by atoms with Crippen molar-refractivity contribution in [3.05, 3.63) is 89.5 Å². The Labute approximate surface area is 236 Å². The van der Waals surface area contributed by atoms with Gasteiger partial charge in [0, 0.05) is 6.04 Å². The lowest BCUT2D eigenvalue weighted by Crippen LogP contribution is -2.39. The zero-order valence-corrected chi connectivity index (χ0v) is 23.3. The Kier molecular flexibility index (Phi) is 10.1. The summed E-state index contributed by atoms with van der Waals surface area (Å²) in [7, 11) is -4.42. The number of anilines is 1. The number of nitrogens with one attached hydrogen (secondary N) is 2. The molecule has 3 aromatic rings. The van der Waals surface area contributed by atoms with Gasteiger partial charge in [-0.25, -0.2) is 13.8 Å². The lowest BCUT2D eigenvalue weighted by atomic mass is 10.2. The molecule has 0 aliphatic carbocycles. The Hall–Kier alpha value is -4.39. The van der Waals surface area contributed by atoms with E-state index in [1.807, 2.05) is 13.8 Å². The monoisotopic (exact) mass is 590 g/mol. The third kappa shape index (κ3) is 9.07. The molecule has 0 radical (unpaired) electrons. The Balaban J connectivity index is 1.73. The summed E-state index contributed by atoms with van der Waals surface area (Å²) in [5.41, 5.74) is 2.12. The van der Waals surface area contributed by atoms with E-state index in [-0.39, 0.29) is 29.1 Å². The summed E-state index contributed by atoms with van der Waals surface area (Å²) < 4.78 is 72.8. The number of sulfonamides is 1. The number of rotatable bonds is 11. The number of nitrogens with zero attached hydrogens (tertiary/aromatic N) is 2. The van der Waals surface area contributed by atoms with Gasteiger partial charge in [-0.15, -0.1) is 0 Å². The van der Waals surface area contributed by atoms with Crippen LogP contribution in [-0.4, -0.2) is 45.6 Å². The molecule has 0 fully saturated rings. The first-order chi connectivity index (χ1) is 19.3. The maximum atomic E-state index is 13.4. The van der Waals surface area contributed by atoms with E-state index < -0.39 is 34.2 Å². The molecule has 2 N–H and O–H groups in total. The van der Waals surface area contributed by atoms with Gasteiger partial charge in [-0.1, -0.05) is 23.8 Å². The maximum Gasteiger partial charge on any atom is 0.416 e. The molecule has 2 amide bonds. The minimum atomic E-state index is -4.72. The van der Waals surface area contributed by atoms with Crippen LogP contribution in [0.3, 0.4) is 0 Å². The highest BCUT2D eigenvalue weighted by atomic mass is 32.2. The van der Waals surface area contributed by atoms with Crippen molar-refractivity contribution in [1.29, 1.82) is 0 Å². The lowest BCUT2D eigenvalue weighted by Gasteiger charge is -2.24. The van der Waals surface area contributed by atoms with Gasteiger partial charge in [0.2, 0.25) is 0 Å². The van der Waals surface area contributed by atoms with E-state index in [1.165, 1.54) is 36.5 Å². The summed E-state index contributed by atoms with van der Waals surface area (Å²) in [5.74, 6) is -0.717. The van der Waals surface area contributed by atoms with Crippen molar-refractivity contribution in [2.75, 3.05) is 17.5 Å². The molecular formula is C28H29F3N4O5S. The van der Waals surface area contributed by atoms with E-state index in [2.05, 4.69) is 15.8 Å². The summed E-state index contributed by atoms with van der Waals surface area (Å²) >= 11 is 0. The number of aryl methyl sites for hydroxylation is 1. The molecule has 0 spiro atoms. The van der Waals surface area contributed by atoms with Crippen LogP contribution in [0.25, 0.3) is 0 Å². The van der Waals surface area contributed by atoms with Crippen molar-refractivity contribution in [1.82, 2.24) is 10.7 Å². The quantitative estimate of drug-likeness (QED) is 0.256. The van der Waals surface area contributed by atoms with Crippen LogP contribution >= 0.6 is 0 Å². The predicted octanol–water partition coefficient (Wildman–Crippen LogP) is 4.26. The van der Waals surface area contributed by atoms with E-state index in [4.69, 9.17) is 4.74 Å².